The zero-order valence-corrected chi connectivity index (χ0v) is 18.8. The van der Waals surface area contributed by atoms with E-state index in [1.54, 1.807) is 56.5 Å². The van der Waals surface area contributed by atoms with Crippen LogP contribution in [0.5, 0.6) is 5.75 Å². The Morgan fingerprint density at radius 3 is 2.67 bits per heavy atom. The second-order valence-corrected chi connectivity index (χ2v) is 7.80. The first kappa shape index (κ1) is 24.2. The molecule has 7 heteroatoms. The summed E-state index contributed by atoms with van der Waals surface area (Å²) in [6.45, 7) is 3.05. The van der Waals surface area contributed by atoms with Gasteiger partial charge in [0.25, 0.3) is 0 Å². The highest BCUT2D eigenvalue weighted by molar-refractivity contribution is 5.72. The van der Waals surface area contributed by atoms with Gasteiger partial charge in [-0.25, -0.2) is 4.39 Å². The Kier molecular flexibility index (Phi) is 8.40. The summed E-state index contributed by atoms with van der Waals surface area (Å²) in [6, 6.07) is 17.5. The number of carbonyl (C=O) groups is 1. The van der Waals surface area contributed by atoms with Crippen LogP contribution in [0.15, 0.2) is 60.7 Å². The van der Waals surface area contributed by atoms with Crippen molar-refractivity contribution in [3.63, 3.8) is 0 Å². The fraction of sp³-hybridized carbons (Fsp3) is 0.269. The Hall–Kier alpha value is -3.42. The molecule has 3 aromatic carbocycles. The van der Waals surface area contributed by atoms with Crippen LogP contribution in [0.1, 0.15) is 29.7 Å². The number of nitrogens with two attached hydrogens (primary N) is 1. The van der Waals surface area contributed by atoms with Crippen molar-refractivity contribution in [2.45, 2.75) is 26.0 Å². The summed E-state index contributed by atoms with van der Waals surface area (Å²) in [5.41, 5.74) is 9.73. The van der Waals surface area contributed by atoms with Crippen LogP contribution >= 0.6 is 0 Å². The Morgan fingerprint density at radius 1 is 1.15 bits per heavy atom. The summed E-state index contributed by atoms with van der Waals surface area (Å²) >= 11 is 0. The molecule has 0 fully saturated rings. The van der Waals surface area contributed by atoms with Gasteiger partial charge in [-0.05, 0) is 42.3 Å². The lowest BCUT2D eigenvalue weighted by molar-refractivity contribution is -0.136. The fourth-order valence-electron chi connectivity index (χ4n) is 3.57. The van der Waals surface area contributed by atoms with Crippen molar-refractivity contribution in [2.24, 2.45) is 5.73 Å². The highest BCUT2D eigenvalue weighted by Gasteiger charge is 2.15. The van der Waals surface area contributed by atoms with Gasteiger partial charge in [0.1, 0.15) is 18.2 Å². The third-order valence-electron chi connectivity index (χ3n) is 5.17. The van der Waals surface area contributed by atoms with E-state index in [1.807, 2.05) is 18.2 Å². The molecule has 0 radical (unpaired) electrons. The summed E-state index contributed by atoms with van der Waals surface area (Å²) in [5, 5.41) is 12.4. The van der Waals surface area contributed by atoms with Crippen LogP contribution in [0.3, 0.4) is 0 Å². The lowest BCUT2D eigenvalue weighted by Gasteiger charge is -2.16. The first-order valence-electron chi connectivity index (χ1n) is 10.7. The van der Waals surface area contributed by atoms with Crippen LogP contribution in [-0.4, -0.2) is 31.3 Å². The summed E-state index contributed by atoms with van der Waals surface area (Å²) < 4.78 is 26.3. The van der Waals surface area contributed by atoms with E-state index in [0.717, 1.165) is 11.3 Å². The van der Waals surface area contributed by atoms with E-state index in [-0.39, 0.29) is 18.8 Å². The molecule has 0 spiro atoms. The molecule has 0 aliphatic rings. The third kappa shape index (κ3) is 6.54. The molecule has 0 saturated heterocycles. The monoisotopic (exact) mass is 452 g/mol. The summed E-state index contributed by atoms with van der Waals surface area (Å²) in [7, 11) is 1.63. The molecule has 0 bridgehead atoms. The van der Waals surface area contributed by atoms with Crippen LogP contribution in [0.2, 0.25) is 0 Å². The molecule has 0 aliphatic heterocycles. The SMILES string of the molecule is COCCNc1cc(COc2ccccc2CC(=O)O)cc(-c2cccc([C@@H](C)N)c2F)c1. The average molecular weight is 453 g/mol. The van der Waals surface area contributed by atoms with E-state index in [0.29, 0.717) is 41.2 Å². The number of hydrogen-bond donors (Lipinski definition) is 3. The van der Waals surface area contributed by atoms with E-state index in [2.05, 4.69) is 5.32 Å². The molecule has 0 saturated carbocycles. The predicted octanol–water partition coefficient (Wildman–Crippen LogP) is 4.78. The number of rotatable bonds is 11. The number of benzene rings is 3. The van der Waals surface area contributed by atoms with Crippen LogP contribution in [0.25, 0.3) is 11.1 Å². The topological polar surface area (TPSA) is 93.8 Å². The van der Waals surface area contributed by atoms with Crippen LogP contribution in [0.4, 0.5) is 10.1 Å². The second-order valence-electron chi connectivity index (χ2n) is 7.80. The normalized spacial score (nSPS) is 11.8. The summed E-state index contributed by atoms with van der Waals surface area (Å²) in [5.74, 6) is -0.772. The maximum Gasteiger partial charge on any atom is 0.307 e. The van der Waals surface area contributed by atoms with Crippen molar-refractivity contribution >= 4 is 11.7 Å². The highest BCUT2D eigenvalue weighted by atomic mass is 19.1. The minimum absolute atomic E-state index is 0.130. The van der Waals surface area contributed by atoms with Crippen LogP contribution in [-0.2, 0) is 22.6 Å². The Labute approximate surface area is 193 Å². The maximum atomic E-state index is 15.2. The number of anilines is 1. The van der Waals surface area contributed by atoms with Gasteiger partial charge in [0.2, 0.25) is 0 Å². The van der Waals surface area contributed by atoms with Gasteiger partial charge in [0, 0.05) is 42.1 Å². The molecule has 0 unspecified atom stereocenters. The molecule has 3 aromatic rings. The summed E-state index contributed by atoms with van der Waals surface area (Å²) in [4.78, 5) is 11.2. The molecule has 33 heavy (non-hydrogen) atoms. The summed E-state index contributed by atoms with van der Waals surface area (Å²) in [6.07, 6.45) is -0.130. The van der Waals surface area contributed by atoms with E-state index in [1.165, 1.54) is 0 Å². The molecule has 0 aromatic heterocycles. The Morgan fingerprint density at radius 2 is 1.94 bits per heavy atom. The van der Waals surface area contributed by atoms with Gasteiger partial charge in [-0.1, -0.05) is 36.4 Å². The zero-order valence-electron chi connectivity index (χ0n) is 18.8. The van der Waals surface area contributed by atoms with Gasteiger partial charge in [0.05, 0.1) is 13.0 Å². The van der Waals surface area contributed by atoms with Gasteiger partial charge < -0.3 is 25.6 Å². The van der Waals surface area contributed by atoms with Gasteiger partial charge in [-0.15, -0.1) is 0 Å². The number of methoxy groups -OCH3 is 1. The zero-order chi connectivity index (χ0) is 23.8. The van der Waals surface area contributed by atoms with Gasteiger partial charge in [0.15, 0.2) is 0 Å². The third-order valence-corrected chi connectivity index (χ3v) is 5.17. The molecular formula is C26H29FN2O4. The van der Waals surface area contributed by atoms with E-state index in [4.69, 9.17) is 20.3 Å². The fourth-order valence-corrected chi connectivity index (χ4v) is 3.57. The van der Waals surface area contributed by atoms with E-state index >= 15 is 4.39 Å². The van der Waals surface area contributed by atoms with Crippen molar-refractivity contribution < 1.29 is 23.8 Å². The molecule has 6 nitrogen and oxygen atoms in total. The molecule has 0 amide bonds. The van der Waals surface area contributed by atoms with E-state index < -0.39 is 12.0 Å². The molecule has 3 rings (SSSR count). The minimum atomic E-state index is -0.929. The highest BCUT2D eigenvalue weighted by Crippen LogP contribution is 2.31. The molecule has 0 aliphatic carbocycles. The number of nitrogens with one attached hydrogen (secondary N) is 1. The predicted molar refractivity (Wildman–Crippen MR) is 127 cm³/mol. The number of carboxylic acids is 1. The lowest BCUT2D eigenvalue weighted by Crippen LogP contribution is -2.09. The van der Waals surface area contributed by atoms with Crippen molar-refractivity contribution in [2.75, 3.05) is 25.6 Å². The molecule has 0 heterocycles. The van der Waals surface area contributed by atoms with Gasteiger partial charge in [-0.3, -0.25) is 4.79 Å². The molecule has 174 valence electrons. The van der Waals surface area contributed by atoms with Crippen molar-refractivity contribution in [3.8, 4) is 16.9 Å². The lowest BCUT2D eigenvalue weighted by atomic mass is 9.97. The smallest absolute Gasteiger partial charge is 0.307 e. The Bertz CT molecular complexity index is 1100. The number of ether oxygens (including phenoxy) is 2. The first-order chi connectivity index (χ1) is 15.9. The maximum absolute atomic E-state index is 15.2. The van der Waals surface area contributed by atoms with Crippen LogP contribution in [0, 0.1) is 5.82 Å². The number of aliphatic carboxylic acids is 1. The number of para-hydroxylation sites is 1. The van der Waals surface area contributed by atoms with Gasteiger partial charge >= 0.3 is 5.97 Å². The number of hydrogen-bond acceptors (Lipinski definition) is 5. The largest absolute Gasteiger partial charge is 0.489 e. The average Bonchev–Trinajstić information content (AvgIpc) is 2.78. The van der Waals surface area contributed by atoms with Gasteiger partial charge in [-0.2, -0.15) is 0 Å². The quantitative estimate of drug-likeness (QED) is 0.363. The van der Waals surface area contributed by atoms with Crippen molar-refractivity contribution in [1.29, 1.82) is 0 Å². The minimum Gasteiger partial charge on any atom is -0.489 e. The Balaban J connectivity index is 1.93. The molecular weight excluding hydrogens is 423 g/mol. The van der Waals surface area contributed by atoms with Crippen LogP contribution < -0.4 is 15.8 Å². The standard InChI is InChI=1S/C26H29FN2O4/c1-17(28)22-7-5-8-23(26(22)27)20-12-18(13-21(14-20)29-10-11-32-2)16-33-24-9-4-3-6-19(24)15-25(30)31/h3-9,12-14,17,29H,10-11,15-16,28H2,1-2H3,(H,30,31)/t17-/m1/s1. The first-order valence-corrected chi connectivity index (χ1v) is 10.7. The number of halogens is 1. The van der Waals surface area contributed by atoms with E-state index in [9.17, 15) is 4.79 Å². The second kappa shape index (κ2) is 11.4. The van der Waals surface area contributed by atoms with Crippen molar-refractivity contribution in [3.05, 3.63) is 83.2 Å². The number of carboxylic acid groups (broad SMARTS) is 1. The molecule has 1 atom stereocenters. The molecule has 4 N–H and O–H groups in total. The van der Waals surface area contributed by atoms with Crippen molar-refractivity contribution in [1.82, 2.24) is 0 Å².